The summed E-state index contributed by atoms with van der Waals surface area (Å²) in [7, 11) is 0. The molecule has 2 heteroatoms. The van der Waals surface area contributed by atoms with Gasteiger partial charge in [-0.25, -0.2) is 0 Å². The third-order valence-corrected chi connectivity index (χ3v) is 13.6. The monoisotopic (exact) mass is 780 g/mol. The Morgan fingerprint density at radius 3 is 1.52 bits per heavy atom. The van der Waals surface area contributed by atoms with Gasteiger partial charge in [0.15, 0.2) is 0 Å². The number of fused-ring (bicyclic) bond motifs is 8. The number of aromatic nitrogens is 1. The van der Waals surface area contributed by atoms with Gasteiger partial charge in [0.25, 0.3) is 0 Å². The van der Waals surface area contributed by atoms with Crippen LogP contribution in [0.4, 0.5) is 17.1 Å². The number of para-hydroxylation sites is 2. The normalized spacial score (nSPS) is 13.8. The fourth-order valence-electron chi connectivity index (χ4n) is 10.6. The molecule has 61 heavy (non-hydrogen) atoms. The highest BCUT2D eigenvalue weighted by Crippen LogP contribution is 2.58. The molecule has 12 rings (SSSR count). The van der Waals surface area contributed by atoms with Crippen molar-refractivity contribution in [1.29, 1.82) is 0 Å². The highest BCUT2D eigenvalue weighted by atomic mass is 15.1. The minimum Gasteiger partial charge on any atom is -0.310 e. The van der Waals surface area contributed by atoms with E-state index in [0.29, 0.717) is 0 Å². The predicted molar refractivity (Wildman–Crippen MR) is 256 cm³/mol. The van der Waals surface area contributed by atoms with Gasteiger partial charge >= 0.3 is 0 Å². The van der Waals surface area contributed by atoms with Crippen molar-refractivity contribution in [3.05, 3.63) is 230 Å². The van der Waals surface area contributed by atoms with Gasteiger partial charge in [-0.1, -0.05) is 171 Å². The van der Waals surface area contributed by atoms with Crippen molar-refractivity contribution < 1.29 is 0 Å². The van der Waals surface area contributed by atoms with Crippen LogP contribution in [0.3, 0.4) is 0 Å². The van der Waals surface area contributed by atoms with Crippen LogP contribution in [0.2, 0.25) is 0 Å². The van der Waals surface area contributed by atoms with E-state index in [2.05, 4.69) is 228 Å². The Hall–Kier alpha value is -7.42. The molecule has 0 aliphatic heterocycles. The van der Waals surface area contributed by atoms with Crippen LogP contribution in [-0.4, -0.2) is 4.57 Å². The Kier molecular flexibility index (Phi) is 8.38. The maximum atomic E-state index is 2.51. The molecule has 9 aromatic carbocycles. The first-order valence-corrected chi connectivity index (χ1v) is 21.7. The molecule has 10 aromatic rings. The highest BCUT2D eigenvalue weighted by molar-refractivity contribution is 6.10. The Labute approximate surface area is 357 Å². The van der Waals surface area contributed by atoms with Gasteiger partial charge in [-0.15, -0.1) is 0 Å². The van der Waals surface area contributed by atoms with E-state index in [4.69, 9.17) is 0 Å². The first-order chi connectivity index (χ1) is 30.2. The van der Waals surface area contributed by atoms with Gasteiger partial charge in [0.05, 0.1) is 11.0 Å². The zero-order valence-electron chi connectivity index (χ0n) is 34.0. The van der Waals surface area contributed by atoms with E-state index in [0.717, 1.165) is 11.4 Å². The van der Waals surface area contributed by atoms with Crippen LogP contribution >= 0.6 is 0 Å². The number of benzene rings is 9. The Bertz CT molecular complexity index is 3210. The van der Waals surface area contributed by atoms with Gasteiger partial charge in [0.2, 0.25) is 0 Å². The fourth-order valence-corrected chi connectivity index (χ4v) is 10.6. The molecule has 2 aliphatic carbocycles. The van der Waals surface area contributed by atoms with Crippen molar-refractivity contribution in [1.82, 2.24) is 4.57 Å². The zero-order chi connectivity index (χ0) is 40.3. The molecule has 0 N–H and O–H groups in total. The zero-order valence-corrected chi connectivity index (χ0v) is 34.0. The standard InChI is InChI=1S/C59H44N2/c1-3-13-41(14-4-1)42-21-23-43(24-22-42)44-25-30-48(31-26-44)60(50-34-36-52-51-17-7-9-19-55(51)59(56(52)40-50)37-11-12-38-59)49-32-27-45(28-33-49)46-29-35-54-53-18-8-10-20-57(53)61(58(54)39-46)47-15-5-2-6-16-47/h1-10,13-36,39-40H,11-12,37-38H2. The topological polar surface area (TPSA) is 8.17 Å². The van der Waals surface area contributed by atoms with Gasteiger partial charge in [0.1, 0.15) is 0 Å². The molecule has 1 fully saturated rings. The summed E-state index contributed by atoms with van der Waals surface area (Å²) in [6.45, 7) is 0. The number of nitrogens with zero attached hydrogens (tertiary/aromatic N) is 2. The lowest BCUT2D eigenvalue weighted by atomic mass is 9.76. The molecular weight excluding hydrogens is 737 g/mol. The number of rotatable bonds is 7. The van der Waals surface area contributed by atoms with Crippen LogP contribution in [-0.2, 0) is 5.41 Å². The molecule has 1 aromatic heterocycles. The van der Waals surface area contributed by atoms with E-state index in [1.165, 1.54) is 114 Å². The minimum atomic E-state index is 0.0914. The summed E-state index contributed by atoms with van der Waals surface area (Å²) in [6, 6.07) is 80.6. The average molecular weight is 781 g/mol. The summed E-state index contributed by atoms with van der Waals surface area (Å²) >= 11 is 0. The lowest BCUT2D eigenvalue weighted by Gasteiger charge is -2.30. The largest absolute Gasteiger partial charge is 0.310 e. The molecule has 0 amide bonds. The molecule has 0 radical (unpaired) electrons. The van der Waals surface area contributed by atoms with Gasteiger partial charge in [-0.2, -0.15) is 0 Å². The fraction of sp³-hybridized carbons (Fsp3) is 0.0847. The van der Waals surface area contributed by atoms with Crippen LogP contribution in [0, 0.1) is 0 Å². The number of hydrogen-bond acceptors (Lipinski definition) is 1. The maximum absolute atomic E-state index is 2.51. The molecular formula is C59H44N2. The SMILES string of the molecule is c1ccc(-c2ccc(-c3ccc(N(c4ccc(-c5ccc6c7ccccc7n(-c7ccccc7)c6c5)cc4)c4ccc5c(c4)C4(CCCC4)c4ccccc4-5)cc3)cc2)cc1. The molecule has 0 unspecified atom stereocenters. The third kappa shape index (κ3) is 5.85. The van der Waals surface area contributed by atoms with Gasteiger partial charge in [0, 0.05) is 38.9 Å². The van der Waals surface area contributed by atoms with Crippen LogP contribution in [0.25, 0.3) is 72.0 Å². The van der Waals surface area contributed by atoms with Crippen molar-refractivity contribution in [3.8, 4) is 50.2 Å². The maximum Gasteiger partial charge on any atom is 0.0547 e. The molecule has 1 saturated carbocycles. The molecule has 290 valence electrons. The average Bonchev–Trinajstić information content (AvgIpc) is 4.04. The minimum absolute atomic E-state index is 0.0914. The quantitative estimate of drug-likeness (QED) is 0.156. The van der Waals surface area contributed by atoms with Crippen molar-refractivity contribution in [3.63, 3.8) is 0 Å². The summed E-state index contributed by atoms with van der Waals surface area (Å²) in [5, 5.41) is 2.53. The van der Waals surface area contributed by atoms with Gasteiger partial charge in [-0.05, 0) is 129 Å². The smallest absolute Gasteiger partial charge is 0.0547 e. The lowest BCUT2D eigenvalue weighted by Crippen LogP contribution is -2.21. The van der Waals surface area contributed by atoms with E-state index in [-0.39, 0.29) is 5.41 Å². The predicted octanol–water partition coefficient (Wildman–Crippen LogP) is 16.1. The number of hydrogen-bond donors (Lipinski definition) is 0. The summed E-state index contributed by atoms with van der Waals surface area (Å²) in [5.74, 6) is 0. The highest BCUT2D eigenvalue weighted by Gasteiger charge is 2.45. The second kappa shape index (κ2) is 14.4. The number of anilines is 3. The summed E-state index contributed by atoms with van der Waals surface area (Å²) in [5.41, 5.74) is 20.3. The van der Waals surface area contributed by atoms with Crippen LogP contribution in [0.15, 0.2) is 218 Å². The third-order valence-electron chi connectivity index (χ3n) is 13.6. The van der Waals surface area contributed by atoms with Crippen molar-refractivity contribution in [2.75, 3.05) is 4.90 Å². The molecule has 1 spiro atoms. The second-order valence-corrected chi connectivity index (χ2v) is 16.9. The second-order valence-electron chi connectivity index (χ2n) is 16.9. The lowest BCUT2D eigenvalue weighted by molar-refractivity contribution is 0.550. The molecule has 0 saturated heterocycles. The van der Waals surface area contributed by atoms with Gasteiger partial charge < -0.3 is 9.47 Å². The van der Waals surface area contributed by atoms with E-state index >= 15 is 0 Å². The Morgan fingerprint density at radius 1 is 0.344 bits per heavy atom. The van der Waals surface area contributed by atoms with E-state index in [1.807, 2.05) is 0 Å². The first-order valence-electron chi connectivity index (χ1n) is 21.7. The summed E-state index contributed by atoms with van der Waals surface area (Å²) in [4.78, 5) is 2.45. The van der Waals surface area contributed by atoms with E-state index in [9.17, 15) is 0 Å². The molecule has 2 nitrogen and oxygen atoms in total. The summed E-state index contributed by atoms with van der Waals surface area (Å²) < 4.78 is 2.40. The van der Waals surface area contributed by atoms with Crippen molar-refractivity contribution >= 4 is 38.9 Å². The molecule has 0 atom stereocenters. The molecule has 2 aliphatic rings. The van der Waals surface area contributed by atoms with Crippen LogP contribution in [0.5, 0.6) is 0 Å². The molecule has 0 bridgehead atoms. The first kappa shape index (κ1) is 35.5. The summed E-state index contributed by atoms with van der Waals surface area (Å²) in [6.07, 6.45) is 4.96. The van der Waals surface area contributed by atoms with Crippen molar-refractivity contribution in [2.24, 2.45) is 0 Å². The van der Waals surface area contributed by atoms with E-state index in [1.54, 1.807) is 0 Å². The Morgan fingerprint density at radius 2 is 0.836 bits per heavy atom. The van der Waals surface area contributed by atoms with Crippen molar-refractivity contribution in [2.45, 2.75) is 31.1 Å². The van der Waals surface area contributed by atoms with Crippen LogP contribution < -0.4 is 4.90 Å². The van der Waals surface area contributed by atoms with Crippen LogP contribution in [0.1, 0.15) is 36.8 Å². The molecule has 1 heterocycles. The Balaban J connectivity index is 0.948. The van der Waals surface area contributed by atoms with Gasteiger partial charge in [-0.3, -0.25) is 0 Å². The van der Waals surface area contributed by atoms with E-state index < -0.39 is 0 Å².